The number of sulfone groups is 1. The van der Waals surface area contributed by atoms with Gasteiger partial charge in [-0.3, -0.25) is 15.0 Å². The van der Waals surface area contributed by atoms with Gasteiger partial charge < -0.3 is 4.90 Å². The Balaban J connectivity index is 1.98. The number of hydrogen-bond acceptors (Lipinski definition) is 5. The Morgan fingerprint density at radius 1 is 1.00 bits per heavy atom. The van der Waals surface area contributed by atoms with Gasteiger partial charge in [0.05, 0.1) is 17.5 Å². The summed E-state index contributed by atoms with van der Waals surface area (Å²) in [6.45, 7) is 0. The predicted molar refractivity (Wildman–Crippen MR) is 98.4 cm³/mol. The molecule has 0 aliphatic carbocycles. The molecule has 0 aromatic heterocycles. The largest absolute Gasteiger partial charge is 0.304 e. The fourth-order valence-electron chi connectivity index (χ4n) is 3.05. The van der Waals surface area contributed by atoms with Gasteiger partial charge in [0.1, 0.15) is 0 Å². The van der Waals surface area contributed by atoms with E-state index >= 15 is 0 Å². The van der Waals surface area contributed by atoms with E-state index in [4.69, 9.17) is 5.84 Å². The van der Waals surface area contributed by atoms with Gasteiger partial charge in [-0.15, -0.1) is 0 Å². The second kappa shape index (κ2) is 7.27. The van der Waals surface area contributed by atoms with Crippen LogP contribution in [0.4, 0.5) is 5.69 Å². The topological polar surface area (TPSA) is 110 Å². The average molecular weight is 373 g/mol. The maximum atomic E-state index is 13.1. The molecule has 26 heavy (non-hydrogen) atoms. The smallest absolute Gasteiger partial charge is 0.265 e. The average Bonchev–Trinajstić information content (AvgIpc) is 3.02. The minimum absolute atomic E-state index is 0.0594. The highest BCUT2D eigenvalue weighted by atomic mass is 32.2. The Kier molecular flexibility index (Phi) is 5.06. The van der Waals surface area contributed by atoms with E-state index in [2.05, 4.69) is 0 Å². The first kappa shape index (κ1) is 18.1. The summed E-state index contributed by atoms with van der Waals surface area (Å²) in [5.41, 5.74) is 3.40. The van der Waals surface area contributed by atoms with Gasteiger partial charge in [-0.2, -0.15) is 0 Å². The molecule has 1 aliphatic rings. The van der Waals surface area contributed by atoms with Crippen LogP contribution in [0.5, 0.6) is 0 Å². The molecule has 2 aromatic rings. The van der Waals surface area contributed by atoms with Crippen LogP contribution >= 0.6 is 0 Å². The van der Waals surface area contributed by atoms with Crippen LogP contribution in [0.2, 0.25) is 0 Å². The highest BCUT2D eigenvalue weighted by molar-refractivity contribution is 7.91. The van der Waals surface area contributed by atoms with Crippen molar-refractivity contribution in [1.29, 1.82) is 0 Å². The highest BCUT2D eigenvalue weighted by Crippen LogP contribution is 2.27. The number of amides is 2. The van der Waals surface area contributed by atoms with Gasteiger partial charge in [0.15, 0.2) is 9.84 Å². The Labute approximate surface area is 151 Å². The molecule has 0 saturated carbocycles. The fraction of sp³-hybridized carbons (Fsp3) is 0.222. The molecule has 1 fully saturated rings. The number of hydrazine groups is 1. The van der Waals surface area contributed by atoms with Crippen molar-refractivity contribution < 1.29 is 18.0 Å². The molecule has 3 rings (SSSR count). The summed E-state index contributed by atoms with van der Waals surface area (Å²) in [5, 5.41) is 0. The van der Waals surface area contributed by atoms with Crippen LogP contribution in [0.15, 0.2) is 54.6 Å². The molecule has 1 atom stereocenters. The van der Waals surface area contributed by atoms with Crippen molar-refractivity contribution >= 4 is 27.3 Å². The van der Waals surface area contributed by atoms with Crippen LogP contribution in [0.25, 0.3) is 0 Å². The maximum absolute atomic E-state index is 13.1. The van der Waals surface area contributed by atoms with Gasteiger partial charge in [0.25, 0.3) is 11.8 Å². The lowest BCUT2D eigenvalue weighted by Gasteiger charge is -2.28. The third-order valence-electron chi connectivity index (χ3n) is 4.35. The number of benzene rings is 2. The van der Waals surface area contributed by atoms with Crippen molar-refractivity contribution in [3.8, 4) is 0 Å². The van der Waals surface area contributed by atoms with E-state index in [1.54, 1.807) is 54.6 Å². The molecule has 1 unspecified atom stereocenters. The van der Waals surface area contributed by atoms with Crippen molar-refractivity contribution in [3.63, 3.8) is 0 Å². The molecule has 8 heteroatoms. The Morgan fingerprint density at radius 2 is 1.65 bits per heavy atom. The molecule has 1 aliphatic heterocycles. The van der Waals surface area contributed by atoms with E-state index in [0.29, 0.717) is 23.2 Å². The number of hydrogen-bond donors (Lipinski definition) is 2. The number of carbonyl (C=O) groups excluding carboxylic acids is 2. The third-order valence-corrected chi connectivity index (χ3v) is 6.10. The van der Waals surface area contributed by atoms with Crippen LogP contribution in [0, 0.1) is 0 Å². The lowest BCUT2D eigenvalue weighted by molar-refractivity contribution is 0.0952. The maximum Gasteiger partial charge on any atom is 0.265 e. The number of nitrogens with one attached hydrogen (secondary N) is 1. The molecule has 1 heterocycles. The number of nitrogens with zero attached hydrogens (tertiary/aromatic N) is 1. The van der Waals surface area contributed by atoms with E-state index in [-0.39, 0.29) is 17.4 Å². The molecule has 7 nitrogen and oxygen atoms in total. The van der Waals surface area contributed by atoms with Gasteiger partial charge in [0, 0.05) is 16.8 Å². The van der Waals surface area contributed by atoms with Crippen molar-refractivity contribution in [2.75, 3.05) is 16.4 Å². The van der Waals surface area contributed by atoms with Crippen LogP contribution in [0.1, 0.15) is 27.1 Å². The zero-order valence-electron chi connectivity index (χ0n) is 14.0. The first-order valence-electron chi connectivity index (χ1n) is 8.11. The molecule has 2 aromatic carbocycles. The zero-order valence-corrected chi connectivity index (χ0v) is 14.8. The summed E-state index contributed by atoms with van der Waals surface area (Å²) >= 11 is 0. The van der Waals surface area contributed by atoms with Gasteiger partial charge in [-0.25, -0.2) is 14.3 Å². The summed E-state index contributed by atoms with van der Waals surface area (Å²) in [6.07, 6.45) is 0.381. The normalized spacial score (nSPS) is 18.3. The van der Waals surface area contributed by atoms with Gasteiger partial charge >= 0.3 is 0 Å². The minimum Gasteiger partial charge on any atom is -0.304 e. The molecule has 0 spiro atoms. The van der Waals surface area contributed by atoms with Crippen molar-refractivity contribution in [3.05, 3.63) is 65.7 Å². The summed E-state index contributed by atoms with van der Waals surface area (Å²) in [5.74, 6) is 4.39. The molecular formula is C18H19N3O4S. The second-order valence-corrected chi connectivity index (χ2v) is 8.35. The summed E-state index contributed by atoms with van der Waals surface area (Å²) in [7, 11) is -3.16. The SMILES string of the molecule is NNC(=O)c1ccc(N(C(=O)c2ccccc2)C2CCS(=O)(=O)C2)cc1. The number of nitrogen functional groups attached to an aromatic ring is 1. The van der Waals surface area contributed by atoms with Gasteiger partial charge in [-0.1, -0.05) is 18.2 Å². The summed E-state index contributed by atoms with van der Waals surface area (Å²) in [4.78, 5) is 26.1. The second-order valence-electron chi connectivity index (χ2n) is 6.12. The lowest BCUT2D eigenvalue weighted by atomic mass is 10.1. The predicted octanol–water partition coefficient (Wildman–Crippen LogP) is 1.12. The van der Waals surface area contributed by atoms with Gasteiger partial charge in [0.2, 0.25) is 0 Å². The summed E-state index contributed by atoms with van der Waals surface area (Å²) in [6, 6.07) is 14.6. The zero-order chi connectivity index (χ0) is 18.7. The highest BCUT2D eigenvalue weighted by Gasteiger charge is 2.36. The van der Waals surface area contributed by atoms with E-state index < -0.39 is 21.8 Å². The van der Waals surface area contributed by atoms with E-state index in [9.17, 15) is 18.0 Å². The Bertz CT molecular complexity index is 911. The van der Waals surface area contributed by atoms with E-state index in [1.165, 1.54) is 4.90 Å². The first-order chi connectivity index (χ1) is 12.4. The Morgan fingerprint density at radius 3 is 2.19 bits per heavy atom. The standard InChI is InChI=1S/C18H19N3O4S/c19-20-17(22)13-6-8-15(9-7-13)21(16-10-11-26(24,25)12-16)18(23)14-4-2-1-3-5-14/h1-9,16H,10-12,19H2,(H,20,22). The lowest BCUT2D eigenvalue weighted by Crippen LogP contribution is -2.41. The number of anilines is 1. The van der Waals surface area contributed by atoms with E-state index in [0.717, 1.165) is 0 Å². The molecule has 0 radical (unpaired) electrons. The van der Waals surface area contributed by atoms with Crippen molar-refractivity contribution in [2.24, 2.45) is 5.84 Å². The quantitative estimate of drug-likeness (QED) is 0.474. The van der Waals surface area contributed by atoms with Crippen LogP contribution in [0.3, 0.4) is 0 Å². The molecule has 0 bridgehead atoms. The van der Waals surface area contributed by atoms with E-state index in [1.807, 2.05) is 5.43 Å². The Hall–Kier alpha value is -2.71. The number of nitrogens with two attached hydrogens (primary N) is 1. The van der Waals surface area contributed by atoms with Crippen LogP contribution in [-0.4, -0.2) is 37.8 Å². The third kappa shape index (κ3) is 3.76. The summed E-state index contributed by atoms with van der Waals surface area (Å²) < 4.78 is 23.8. The molecule has 3 N–H and O–H groups in total. The van der Waals surface area contributed by atoms with Crippen molar-refractivity contribution in [1.82, 2.24) is 5.43 Å². The monoisotopic (exact) mass is 373 g/mol. The first-order valence-corrected chi connectivity index (χ1v) is 9.93. The van der Waals surface area contributed by atoms with Crippen molar-refractivity contribution in [2.45, 2.75) is 12.5 Å². The minimum atomic E-state index is -3.16. The molecular weight excluding hydrogens is 354 g/mol. The number of rotatable bonds is 4. The van der Waals surface area contributed by atoms with Crippen LogP contribution in [-0.2, 0) is 9.84 Å². The molecule has 2 amide bonds. The molecule has 1 saturated heterocycles. The molecule has 136 valence electrons. The van der Waals surface area contributed by atoms with Crippen LogP contribution < -0.4 is 16.2 Å². The number of carbonyl (C=O) groups is 2. The fourth-order valence-corrected chi connectivity index (χ4v) is 4.75. The van der Waals surface area contributed by atoms with Gasteiger partial charge in [-0.05, 0) is 42.8 Å².